The van der Waals surface area contributed by atoms with Crippen molar-refractivity contribution >= 4 is 29.5 Å². The zero-order chi connectivity index (χ0) is 24.8. The third kappa shape index (κ3) is 10.6. The summed E-state index contributed by atoms with van der Waals surface area (Å²) in [7, 11) is 0. The normalized spacial score (nSPS) is 15.0. The van der Waals surface area contributed by atoms with Crippen LogP contribution in [0.2, 0.25) is 0 Å². The highest BCUT2D eigenvalue weighted by molar-refractivity contribution is 6.12. The highest BCUT2D eigenvalue weighted by Gasteiger charge is 2.27. The van der Waals surface area contributed by atoms with E-state index in [-0.39, 0.29) is 68.9 Å². The maximum absolute atomic E-state index is 12.5. The lowest BCUT2D eigenvalue weighted by atomic mass is 10.0. The SMILES string of the molecule is CC(C)C(NC(=O)CCOCCOCCN1C(=O)C=CC1=O)C(=O)N[C@@H](C)C(=O)NCCN. The molecule has 186 valence electrons. The number of nitrogens with zero attached hydrogens (tertiary/aromatic N) is 1. The molecule has 12 heteroatoms. The van der Waals surface area contributed by atoms with Gasteiger partial charge >= 0.3 is 0 Å². The van der Waals surface area contributed by atoms with E-state index >= 15 is 0 Å². The summed E-state index contributed by atoms with van der Waals surface area (Å²) in [6.07, 6.45) is 2.47. The summed E-state index contributed by atoms with van der Waals surface area (Å²) >= 11 is 0. The largest absolute Gasteiger partial charge is 0.379 e. The summed E-state index contributed by atoms with van der Waals surface area (Å²) in [5.74, 6) is -2.07. The molecule has 0 bridgehead atoms. The van der Waals surface area contributed by atoms with Crippen molar-refractivity contribution in [3.8, 4) is 0 Å². The van der Waals surface area contributed by atoms with E-state index in [0.29, 0.717) is 13.1 Å². The summed E-state index contributed by atoms with van der Waals surface area (Å²) in [6, 6.07) is -1.56. The second-order valence-electron chi connectivity index (χ2n) is 7.74. The molecule has 0 aromatic rings. The minimum atomic E-state index is -0.795. The minimum Gasteiger partial charge on any atom is -0.379 e. The van der Waals surface area contributed by atoms with Gasteiger partial charge in [-0.15, -0.1) is 0 Å². The van der Waals surface area contributed by atoms with Gasteiger partial charge in [-0.1, -0.05) is 13.8 Å². The molecule has 5 N–H and O–H groups in total. The lowest BCUT2D eigenvalue weighted by Crippen LogP contribution is -2.54. The molecule has 1 unspecified atom stereocenters. The van der Waals surface area contributed by atoms with Crippen molar-refractivity contribution in [1.82, 2.24) is 20.9 Å². The van der Waals surface area contributed by atoms with E-state index in [4.69, 9.17) is 15.2 Å². The molecule has 33 heavy (non-hydrogen) atoms. The average molecular weight is 470 g/mol. The van der Waals surface area contributed by atoms with E-state index in [1.54, 1.807) is 20.8 Å². The molecule has 12 nitrogen and oxygen atoms in total. The van der Waals surface area contributed by atoms with Crippen LogP contribution in [0, 0.1) is 5.92 Å². The molecular formula is C21H35N5O7. The number of hydrogen-bond acceptors (Lipinski definition) is 8. The predicted molar refractivity (Wildman–Crippen MR) is 119 cm³/mol. The molecule has 0 saturated heterocycles. The highest BCUT2D eigenvalue weighted by atomic mass is 16.5. The van der Waals surface area contributed by atoms with Crippen LogP contribution < -0.4 is 21.7 Å². The Hall–Kier alpha value is -2.83. The van der Waals surface area contributed by atoms with Gasteiger partial charge in [-0.2, -0.15) is 0 Å². The molecule has 0 aliphatic carbocycles. The molecule has 0 spiro atoms. The monoisotopic (exact) mass is 469 g/mol. The smallest absolute Gasteiger partial charge is 0.253 e. The van der Waals surface area contributed by atoms with Gasteiger partial charge in [0.05, 0.1) is 33.0 Å². The highest BCUT2D eigenvalue weighted by Crippen LogP contribution is 2.04. The van der Waals surface area contributed by atoms with E-state index in [1.807, 2.05) is 0 Å². The van der Waals surface area contributed by atoms with E-state index in [0.717, 1.165) is 4.90 Å². The van der Waals surface area contributed by atoms with Crippen molar-refractivity contribution in [1.29, 1.82) is 0 Å². The summed E-state index contributed by atoms with van der Waals surface area (Å²) < 4.78 is 10.7. The second-order valence-corrected chi connectivity index (χ2v) is 7.74. The minimum absolute atomic E-state index is 0.0471. The standard InChI is InChI=1S/C21H35N5O7/c1-14(2)19(21(31)24-15(3)20(30)23-8-7-22)25-16(27)6-10-32-12-13-33-11-9-26-17(28)4-5-18(26)29/h4-5,14-15,19H,6-13,22H2,1-3H3,(H,23,30)(H,24,31)(H,25,27)/t15-,19?/m0/s1. The van der Waals surface area contributed by atoms with Gasteiger partial charge in [0.2, 0.25) is 17.7 Å². The number of carbonyl (C=O) groups excluding carboxylic acids is 5. The molecule has 1 aliphatic heterocycles. The molecule has 1 heterocycles. The number of ether oxygens (including phenoxy) is 2. The Morgan fingerprint density at radius 2 is 1.55 bits per heavy atom. The Morgan fingerprint density at radius 3 is 2.12 bits per heavy atom. The van der Waals surface area contributed by atoms with Gasteiger partial charge in [-0.05, 0) is 12.8 Å². The van der Waals surface area contributed by atoms with Gasteiger partial charge in [0, 0.05) is 31.7 Å². The lowest BCUT2D eigenvalue weighted by molar-refractivity contribution is -0.137. The molecule has 5 amide bonds. The number of nitrogens with one attached hydrogen (secondary N) is 3. The van der Waals surface area contributed by atoms with Crippen molar-refractivity contribution in [3.63, 3.8) is 0 Å². The van der Waals surface area contributed by atoms with Crippen LogP contribution in [-0.4, -0.2) is 92.6 Å². The Kier molecular flexibility index (Phi) is 12.9. The number of amides is 5. The van der Waals surface area contributed by atoms with Crippen LogP contribution in [0.1, 0.15) is 27.2 Å². The van der Waals surface area contributed by atoms with Crippen molar-refractivity contribution < 1.29 is 33.4 Å². The summed E-state index contributed by atoms with van der Waals surface area (Å²) in [5, 5.41) is 7.85. The van der Waals surface area contributed by atoms with Crippen molar-refractivity contribution in [2.24, 2.45) is 11.7 Å². The van der Waals surface area contributed by atoms with Crippen molar-refractivity contribution in [3.05, 3.63) is 12.2 Å². The molecule has 0 radical (unpaired) electrons. The Balaban J connectivity index is 2.22. The van der Waals surface area contributed by atoms with Crippen LogP contribution in [0.15, 0.2) is 12.2 Å². The number of carbonyl (C=O) groups is 5. The van der Waals surface area contributed by atoms with Crippen molar-refractivity contribution in [2.75, 3.05) is 46.1 Å². The van der Waals surface area contributed by atoms with Gasteiger partial charge in [0.15, 0.2) is 0 Å². The molecule has 1 aliphatic rings. The fraction of sp³-hybridized carbons (Fsp3) is 0.667. The second kappa shape index (κ2) is 15.1. The first kappa shape index (κ1) is 28.2. The third-order valence-corrected chi connectivity index (χ3v) is 4.67. The van der Waals surface area contributed by atoms with Gasteiger partial charge in [0.25, 0.3) is 11.8 Å². The van der Waals surface area contributed by atoms with Gasteiger partial charge < -0.3 is 31.2 Å². The Bertz CT molecular complexity index is 708. The molecule has 1 rings (SSSR count). The van der Waals surface area contributed by atoms with Crippen LogP contribution in [-0.2, 0) is 33.4 Å². The fourth-order valence-electron chi connectivity index (χ4n) is 2.79. The first-order valence-electron chi connectivity index (χ1n) is 10.9. The molecular weight excluding hydrogens is 434 g/mol. The van der Waals surface area contributed by atoms with E-state index in [9.17, 15) is 24.0 Å². The van der Waals surface area contributed by atoms with E-state index in [1.165, 1.54) is 12.2 Å². The topological polar surface area (TPSA) is 169 Å². The maximum atomic E-state index is 12.5. The number of rotatable bonds is 16. The summed E-state index contributed by atoms with van der Waals surface area (Å²) in [5.41, 5.74) is 5.34. The van der Waals surface area contributed by atoms with Crippen LogP contribution in [0.5, 0.6) is 0 Å². The zero-order valence-electron chi connectivity index (χ0n) is 19.4. The fourth-order valence-corrected chi connectivity index (χ4v) is 2.79. The average Bonchev–Trinajstić information content (AvgIpc) is 3.09. The molecule has 0 saturated carbocycles. The summed E-state index contributed by atoms with van der Waals surface area (Å²) in [6.45, 7) is 6.70. The first-order chi connectivity index (χ1) is 15.7. The Morgan fingerprint density at radius 1 is 0.939 bits per heavy atom. The zero-order valence-corrected chi connectivity index (χ0v) is 19.4. The predicted octanol–water partition coefficient (Wildman–Crippen LogP) is -1.94. The number of hydrogen-bond donors (Lipinski definition) is 4. The molecule has 2 atom stereocenters. The summed E-state index contributed by atoms with van der Waals surface area (Å²) in [4.78, 5) is 60.4. The van der Waals surface area contributed by atoms with Crippen LogP contribution in [0.25, 0.3) is 0 Å². The first-order valence-corrected chi connectivity index (χ1v) is 10.9. The van der Waals surface area contributed by atoms with E-state index < -0.39 is 18.0 Å². The Labute approximate surface area is 193 Å². The van der Waals surface area contributed by atoms with Gasteiger partial charge in [-0.25, -0.2) is 0 Å². The lowest BCUT2D eigenvalue weighted by Gasteiger charge is -2.23. The van der Waals surface area contributed by atoms with Crippen LogP contribution in [0.3, 0.4) is 0 Å². The molecule has 0 aromatic heterocycles. The van der Waals surface area contributed by atoms with E-state index in [2.05, 4.69) is 16.0 Å². The number of imide groups is 1. The maximum Gasteiger partial charge on any atom is 0.253 e. The quantitative estimate of drug-likeness (QED) is 0.149. The van der Waals surface area contributed by atoms with Gasteiger partial charge in [0.1, 0.15) is 12.1 Å². The number of nitrogens with two attached hydrogens (primary N) is 1. The molecule has 0 fully saturated rings. The molecule has 0 aromatic carbocycles. The third-order valence-electron chi connectivity index (χ3n) is 4.67. The van der Waals surface area contributed by atoms with Crippen molar-refractivity contribution in [2.45, 2.75) is 39.3 Å². The van der Waals surface area contributed by atoms with Gasteiger partial charge in [-0.3, -0.25) is 28.9 Å². The van der Waals surface area contributed by atoms with Crippen LogP contribution >= 0.6 is 0 Å². The van der Waals surface area contributed by atoms with Crippen LogP contribution in [0.4, 0.5) is 0 Å².